The number of anilines is 1. The molecule has 1 saturated carbocycles. The lowest BCUT2D eigenvalue weighted by Crippen LogP contribution is -2.53. The van der Waals surface area contributed by atoms with Gasteiger partial charge in [0.15, 0.2) is 11.8 Å². The number of hydrogen-bond donors (Lipinski definition) is 2. The van der Waals surface area contributed by atoms with Gasteiger partial charge in [0.2, 0.25) is 0 Å². The fourth-order valence-corrected chi connectivity index (χ4v) is 4.47. The van der Waals surface area contributed by atoms with Crippen molar-refractivity contribution in [1.29, 1.82) is 0 Å². The molecule has 7 heteroatoms. The largest absolute Gasteiger partial charge is 0.369 e. The molecule has 1 aliphatic carbocycles. The number of aliphatic imine (C=N–C) groups is 1. The zero-order valence-corrected chi connectivity index (χ0v) is 18.3. The van der Waals surface area contributed by atoms with Crippen molar-refractivity contribution < 1.29 is 0 Å². The van der Waals surface area contributed by atoms with Gasteiger partial charge in [0, 0.05) is 37.9 Å². The maximum atomic E-state index is 4.91. The highest BCUT2D eigenvalue weighted by Gasteiger charge is 2.22. The molecule has 2 aromatic rings. The molecule has 2 fully saturated rings. The fourth-order valence-electron chi connectivity index (χ4n) is 4.47. The van der Waals surface area contributed by atoms with Crippen LogP contribution in [0.25, 0.3) is 0 Å². The first-order valence-corrected chi connectivity index (χ1v) is 11.4. The first kappa shape index (κ1) is 20.7. The summed E-state index contributed by atoms with van der Waals surface area (Å²) >= 11 is 0. The van der Waals surface area contributed by atoms with E-state index in [0.29, 0.717) is 18.6 Å². The number of aromatic nitrogens is 3. The van der Waals surface area contributed by atoms with Crippen molar-refractivity contribution >= 4 is 11.6 Å². The lowest BCUT2D eigenvalue weighted by molar-refractivity contribution is 0.402. The van der Waals surface area contributed by atoms with E-state index in [1.54, 1.807) is 0 Å². The Morgan fingerprint density at radius 2 is 1.73 bits per heavy atom. The summed E-state index contributed by atoms with van der Waals surface area (Å²) in [7, 11) is 2.00. The maximum Gasteiger partial charge on any atom is 0.192 e. The molecule has 2 N–H and O–H groups in total. The van der Waals surface area contributed by atoms with Crippen LogP contribution >= 0.6 is 0 Å². The summed E-state index contributed by atoms with van der Waals surface area (Å²) in [6.45, 7) is 4.62. The maximum absolute atomic E-state index is 4.91. The lowest BCUT2D eigenvalue weighted by Gasteiger charge is -2.36. The van der Waals surface area contributed by atoms with E-state index >= 15 is 0 Å². The van der Waals surface area contributed by atoms with Crippen molar-refractivity contribution in [2.24, 2.45) is 12.0 Å². The smallest absolute Gasteiger partial charge is 0.192 e. The van der Waals surface area contributed by atoms with Gasteiger partial charge in [-0.1, -0.05) is 37.5 Å². The molecular weight excluding hydrogens is 374 g/mol. The summed E-state index contributed by atoms with van der Waals surface area (Å²) in [5.41, 5.74) is 1.30. The summed E-state index contributed by atoms with van der Waals surface area (Å²) in [6, 6.07) is 11.6. The van der Waals surface area contributed by atoms with Crippen molar-refractivity contribution in [3.05, 3.63) is 42.0 Å². The van der Waals surface area contributed by atoms with Crippen LogP contribution in [0.5, 0.6) is 0 Å². The Morgan fingerprint density at radius 1 is 1.00 bits per heavy atom. The van der Waals surface area contributed by atoms with Crippen LogP contribution < -0.4 is 15.5 Å². The third-order valence-corrected chi connectivity index (χ3v) is 6.39. The second-order valence-electron chi connectivity index (χ2n) is 8.63. The molecular formula is C23H35N7. The van der Waals surface area contributed by atoms with Crippen molar-refractivity contribution in [2.45, 2.75) is 70.5 Å². The van der Waals surface area contributed by atoms with Gasteiger partial charge >= 0.3 is 0 Å². The molecule has 1 saturated heterocycles. The van der Waals surface area contributed by atoms with Gasteiger partial charge in [-0.3, -0.25) is 0 Å². The molecule has 1 aromatic heterocycles. The van der Waals surface area contributed by atoms with Crippen molar-refractivity contribution in [3.63, 3.8) is 0 Å². The second kappa shape index (κ2) is 9.96. The molecule has 7 nitrogen and oxygen atoms in total. The first-order chi connectivity index (χ1) is 14.7. The molecule has 1 aromatic carbocycles. The van der Waals surface area contributed by atoms with Gasteiger partial charge < -0.3 is 20.1 Å². The zero-order chi connectivity index (χ0) is 20.8. The van der Waals surface area contributed by atoms with E-state index in [0.717, 1.165) is 37.1 Å². The number of guanidine groups is 1. The number of piperidine rings is 1. The van der Waals surface area contributed by atoms with Crippen molar-refractivity contribution in [3.8, 4) is 0 Å². The highest BCUT2D eigenvalue weighted by molar-refractivity contribution is 5.80. The fraction of sp³-hybridized carbons (Fsp3) is 0.609. The standard InChI is InChI=1S/C23H35N7/c1-18-27-28-22(29(18)2)16-24-23(25-19-10-5-3-6-11-19)26-20-12-9-15-30(17-20)21-13-7-4-8-14-21/h4,7-8,13-14,19-20H,3,5-6,9-12,15-17H2,1-2H3,(H2,24,25,26). The number of nitrogens with one attached hydrogen (secondary N) is 2. The van der Waals surface area contributed by atoms with Gasteiger partial charge in [-0.05, 0) is 44.7 Å². The Labute approximate surface area is 180 Å². The molecule has 1 unspecified atom stereocenters. The van der Waals surface area contributed by atoms with Crippen molar-refractivity contribution in [1.82, 2.24) is 25.4 Å². The summed E-state index contributed by atoms with van der Waals surface area (Å²) < 4.78 is 2.01. The molecule has 0 spiro atoms. The van der Waals surface area contributed by atoms with E-state index in [1.807, 2.05) is 18.5 Å². The van der Waals surface area contributed by atoms with Gasteiger partial charge in [0.1, 0.15) is 12.4 Å². The number of nitrogens with zero attached hydrogens (tertiary/aromatic N) is 5. The average molecular weight is 410 g/mol. The van der Waals surface area contributed by atoms with Crippen LogP contribution in [0.3, 0.4) is 0 Å². The Kier molecular flexibility index (Phi) is 6.87. The van der Waals surface area contributed by atoms with E-state index < -0.39 is 0 Å². The number of benzene rings is 1. The molecule has 0 bridgehead atoms. The van der Waals surface area contributed by atoms with Crippen LogP contribution in [0.4, 0.5) is 5.69 Å². The van der Waals surface area contributed by atoms with Gasteiger partial charge in [0.05, 0.1) is 0 Å². The van der Waals surface area contributed by atoms with E-state index in [1.165, 1.54) is 44.2 Å². The van der Waals surface area contributed by atoms with Gasteiger partial charge in [-0.15, -0.1) is 10.2 Å². The molecule has 162 valence electrons. The monoisotopic (exact) mass is 409 g/mol. The van der Waals surface area contributed by atoms with Crippen LogP contribution in [0.1, 0.15) is 56.6 Å². The second-order valence-corrected chi connectivity index (χ2v) is 8.63. The Bertz CT molecular complexity index is 823. The lowest BCUT2D eigenvalue weighted by atomic mass is 9.96. The molecule has 1 atom stereocenters. The predicted molar refractivity (Wildman–Crippen MR) is 122 cm³/mol. The third-order valence-electron chi connectivity index (χ3n) is 6.39. The molecule has 4 rings (SSSR count). The molecule has 2 aliphatic rings. The molecule has 1 aliphatic heterocycles. The van der Waals surface area contributed by atoms with Crippen LogP contribution in [0.2, 0.25) is 0 Å². The van der Waals surface area contributed by atoms with E-state index in [9.17, 15) is 0 Å². The average Bonchev–Trinajstić information content (AvgIpc) is 3.11. The number of aryl methyl sites for hydroxylation is 1. The van der Waals surface area contributed by atoms with Gasteiger partial charge in [-0.25, -0.2) is 4.99 Å². The normalized spacial score (nSPS) is 20.9. The van der Waals surface area contributed by atoms with Crippen LogP contribution in [-0.2, 0) is 13.6 Å². The molecule has 30 heavy (non-hydrogen) atoms. The van der Waals surface area contributed by atoms with Gasteiger partial charge in [-0.2, -0.15) is 0 Å². The highest BCUT2D eigenvalue weighted by Crippen LogP contribution is 2.20. The van der Waals surface area contributed by atoms with E-state index in [2.05, 4.69) is 56.1 Å². The first-order valence-electron chi connectivity index (χ1n) is 11.4. The highest BCUT2D eigenvalue weighted by atomic mass is 15.3. The Balaban J connectivity index is 1.44. The summed E-state index contributed by atoms with van der Waals surface area (Å²) in [5.74, 6) is 2.73. The SMILES string of the molecule is Cc1nnc(CN=C(NC2CCCCC2)NC2CCCN(c3ccccc3)C2)n1C. The van der Waals surface area contributed by atoms with Crippen LogP contribution in [-0.4, -0.2) is 45.9 Å². The number of rotatable bonds is 5. The summed E-state index contributed by atoms with van der Waals surface area (Å²) in [5, 5.41) is 15.9. The quantitative estimate of drug-likeness (QED) is 0.586. The topological polar surface area (TPSA) is 70.4 Å². The molecule has 2 heterocycles. The molecule has 0 amide bonds. The van der Waals surface area contributed by atoms with E-state index in [4.69, 9.17) is 4.99 Å². The zero-order valence-electron chi connectivity index (χ0n) is 18.3. The van der Waals surface area contributed by atoms with Gasteiger partial charge in [0.25, 0.3) is 0 Å². The van der Waals surface area contributed by atoms with Crippen molar-refractivity contribution in [2.75, 3.05) is 18.0 Å². The summed E-state index contributed by atoms with van der Waals surface area (Å²) in [4.78, 5) is 7.38. The number of hydrogen-bond acceptors (Lipinski definition) is 4. The minimum Gasteiger partial charge on any atom is -0.369 e. The predicted octanol–water partition coefficient (Wildman–Crippen LogP) is 3.16. The van der Waals surface area contributed by atoms with Crippen LogP contribution in [0, 0.1) is 6.92 Å². The number of para-hydroxylation sites is 1. The van der Waals surface area contributed by atoms with Crippen LogP contribution in [0.15, 0.2) is 35.3 Å². The van der Waals surface area contributed by atoms with E-state index in [-0.39, 0.29) is 0 Å². The minimum atomic E-state index is 0.384. The third kappa shape index (κ3) is 5.32. The minimum absolute atomic E-state index is 0.384. The summed E-state index contributed by atoms with van der Waals surface area (Å²) in [6.07, 6.45) is 8.76. The molecule has 0 radical (unpaired) electrons. The Morgan fingerprint density at radius 3 is 2.47 bits per heavy atom. The Hall–Kier alpha value is -2.57.